The van der Waals surface area contributed by atoms with E-state index in [0.717, 1.165) is 56.2 Å². The van der Waals surface area contributed by atoms with Crippen LogP contribution in [0.3, 0.4) is 0 Å². The van der Waals surface area contributed by atoms with Crippen LogP contribution in [0.25, 0.3) is 77.9 Å². The van der Waals surface area contributed by atoms with Crippen LogP contribution in [0.1, 0.15) is 101 Å². The largest absolute Gasteiger partial charge is 1.00 e. The summed E-state index contributed by atoms with van der Waals surface area (Å²) in [4.78, 5) is 92.3. The maximum atomic E-state index is 12.4. The molecular formula is C81H61Cl5FLiN12O12. The number of carbonyl (C=O) groups is 6. The number of H-pyrrole nitrogens is 1. The maximum absolute atomic E-state index is 12.4. The Morgan fingerprint density at radius 2 is 0.759 bits per heavy atom. The van der Waals surface area contributed by atoms with Crippen LogP contribution >= 0.6 is 58.0 Å². The van der Waals surface area contributed by atoms with Gasteiger partial charge in [0.05, 0.1) is 65.4 Å². The number of nitriles is 2. The van der Waals surface area contributed by atoms with Crippen molar-refractivity contribution >= 4 is 149 Å². The van der Waals surface area contributed by atoms with E-state index in [1.165, 1.54) is 36.4 Å². The summed E-state index contributed by atoms with van der Waals surface area (Å²) in [6.45, 7) is 8.38. The molecule has 0 bridgehead atoms. The van der Waals surface area contributed by atoms with E-state index in [1.807, 2.05) is 53.4 Å². The molecular weight excluding hydrogens is 1540 g/mol. The third kappa shape index (κ3) is 21.1. The number of benzene rings is 5. The van der Waals surface area contributed by atoms with Crippen LogP contribution in [0, 0.1) is 28.5 Å². The summed E-state index contributed by atoms with van der Waals surface area (Å²) in [7, 11) is 0. The Morgan fingerprint density at radius 3 is 1.14 bits per heavy atom. The summed E-state index contributed by atoms with van der Waals surface area (Å²) in [5.74, 6) is -2.82. The van der Waals surface area contributed by atoms with Gasteiger partial charge in [-0.05, 0) is 222 Å². The molecule has 0 saturated heterocycles. The van der Waals surface area contributed by atoms with Crippen LogP contribution in [0.15, 0.2) is 225 Å². The van der Waals surface area contributed by atoms with Gasteiger partial charge in [0.15, 0.2) is 6.29 Å². The van der Waals surface area contributed by atoms with E-state index in [0.29, 0.717) is 119 Å². The van der Waals surface area contributed by atoms with E-state index < -0.39 is 11.9 Å². The van der Waals surface area contributed by atoms with E-state index in [-0.39, 0.29) is 53.6 Å². The number of nitrogens with one attached hydrogen (secondary N) is 1. The van der Waals surface area contributed by atoms with E-state index in [2.05, 4.69) is 42.0 Å². The summed E-state index contributed by atoms with van der Waals surface area (Å²) in [5, 5.41) is 33.6. The van der Waals surface area contributed by atoms with Crippen molar-refractivity contribution in [2.45, 2.75) is 27.7 Å². The number of aromatic carboxylic acids is 1. The van der Waals surface area contributed by atoms with Gasteiger partial charge < -0.3 is 43.6 Å². The summed E-state index contributed by atoms with van der Waals surface area (Å²) in [5.41, 5.74) is 10.1. The zero-order valence-electron chi connectivity index (χ0n) is 59.9. The number of carbonyl (C=O) groups excluding carboxylic acids is 5. The number of carboxylic acid groups (broad SMARTS) is 1. The normalized spacial score (nSPS) is 10.3. The maximum Gasteiger partial charge on any atom is 1.00 e. The number of rotatable bonds is 14. The number of esters is 4. The fourth-order valence-corrected chi connectivity index (χ4v) is 11.4. The number of hydrogen-bond acceptors (Lipinski definition) is 18. The minimum atomic E-state index is -0.988. The molecule has 31 heteroatoms. The molecule has 10 heterocycles. The van der Waals surface area contributed by atoms with E-state index in [1.54, 1.807) is 181 Å². The van der Waals surface area contributed by atoms with Gasteiger partial charge in [-0.3, -0.25) is 13.9 Å². The first kappa shape index (κ1) is 85.1. The van der Waals surface area contributed by atoms with Crippen molar-refractivity contribution < 1.29 is 81.5 Å². The van der Waals surface area contributed by atoms with Crippen molar-refractivity contribution in [3.05, 3.63) is 301 Å². The van der Waals surface area contributed by atoms with Gasteiger partial charge in [0.1, 0.15) is 72.0 Å². The number of hydrogen-bond donors (Lipinski definition) is 2. The SMILES string of the molecule is CCOC(=O)c1ccc(-n2cc(C#N)c3ccc(Cl)nc32)cc1.CCOC(=O)c1ccc(-n2cc(C=O)c3ccc(Cl)nc32)cc1.CCOC(=O)c1ccc(-n2ccc3ccc(Cl)nc32)cc1.CCOC(=O)c1ccc(F)cc1.Clc1ccc2cc[nH]c2n1.N#Cc1cn(-c2ccc(C(=O)O)cc2)c2nc(Cl)ccc12.[Li+].[OH-]. The van der Waals surface area contributed by atoms with Crippen LogP contribution < -0.4 is 18.9 Å². The van der Waals surface area contributed by atoms with E-state index in [9.17, 15) is 43.7 Å². The summed E-state index contributed by atoms with van der Waals surface area (Å²) >= 11 is 29.4. The van der Waals surface area contributed by atoms with Gasteiger partial charge in [-0.2, -0.15) is 10.5 Å². The number of ether oxygens (including phenoxy) is 4. The Hall–Kier alpha value is -12.5. The number of aldehydes is 1. The van der Waals surface area contributed by atoms with Gasteiger partial charge in [0.25, 0.3) is 0 Å². The third-order valence-electron chi connectivity index (χ3n) is 15.8. The minimum Gasteiger partial charge on any atom is -0.870 e. The van der Waals surface area contributed by atoms with Gasteiger partial charge in [0.2, 0.25) is 0 Å². The molecule has 0 aliphatic heterocycles. The molecule has 0 fully saturated rings. The molecule has 112 heavy (non-hydrogen) atoms. The molecule has 3 N–H and O–H groups in total. The summed E-state index contributed by atoms with van der Waals surface area (Å²) < 4.78 is 39.2. The first-order valence-electron chi connectivity index (χ1n) is 33.3. The topological polar surface area (TPSA) is 337 Å². The summed E-state index contributed by atoms with van der Waals surface area (Å²) in [6, 6.07) is 58.3. The molecule has 0 radical (unpaired) electrons. The number of nitrogens with zero attached hydrogens (tertiary/aromatic N) is 11. The number of aromatic nitrogens is 10. The Bertz CT molecular complexity index is 5950. The van der Waals surface area contributed by atoms with Gasteiger partial charge in [-0.15, -0.1) is 0 Å². The van der Waals surface area contributed by atoms with Crippen molar-refractivity contribution in [2.75, 3.05) is 26.4 Å². The van der Waals surface area contributed by atoms with E-state index in [4.69, 9.17) is 82.1 Å². The van der Waals surface area contributed by atoms with Gasteiger partial charge in [0, 0.05) is 86.2 Å². The first-order chi connectivity index (χ1) is 53.1. The second-order valence-corrected chi connectivity index (χ2v) is 24.7. The predicted octanol–water partition coefficient (Wildman–Crippen LogP) is 15.5. The molecule has 0 saturated carbocycles. The molecule has 15 rings (SSSR count). The average Bonchev–Trinajstić information content (AvgIpc) is 1.64. The number of pyridine rings is 5. The van der Waals surface area contributed by atoms with E-state index >= 15 is 0 Å². The molecule has 0 unspecified atom stereocenters. The van der Waals surface area contributed by atoms with Gasteiger partial charge in [-0.25, -0.2) is 53.3 Å². The molecule has 24 nitrogen and oxygen atoms in total. The fraction of sp³-hybridized carbons (Fsp3) is 0.0988. The molecule has 10 aromatic heterocycles. The molecule has 560 valence electrons. The Balaban J connectivity index is 0.000000171. The number of carboxylic acids is 1. The molecule has 0 amide bonds. The van der Waals surface area contributed by atoms with Crippen molar-refractivity contribution in [3.8, 4) is 34.9 Å². The van der Waals surface area contributed by atoms with Crippen LogP contribution in [-0.4, -0.2) is 121 Å². The molecule has 0 aliphatic rings. The zero-order chi connectivity index (χ0) is 78.5. The standard InChI is InChI=1S/C17H12ClN3O2.C17H13ClN2O3.C16H13ClN2O2.C15H8ClN3O2.C9H9FO2.C7H5ClN2.Li.H2O/c1-2-23-17(22)11-3-5-13(6-4-11)21-10-12(9-19)14-7-8-15(18)20-16(14)21;1-2-23-17(22)11-3-5-13(6-4-11)20-9-12(10-21)14-7-8-15(18)19-16(14)20;1-2-21-16(20)12-3-6-13(7-4-12)19-10-9-11-5-8-14(17)18-15(11)19;16-13-6-5-12-10(7-17)8-19(14(12)18-13)11-3-1-9(2-4-11)15(20)21;1-2-12-9(11)7-3-5-8(10)6-4-7;8-6-2-1-5-3-4-9-7(5)10-6;;/h3-8,10H,2H2,1H3;3-10H,2H2,1H3;3-10H,2H2,1H3;1-6,8H,(H,20,21);3-6H,2H2,1H3;1-4H,(H,9,10);;1H2/q;;;;;;+1;/p-1. The second kappa shape index (κ2) is 40.3. The summed E-state index contributed by atoms with van der Waals surface area (Å²) in [6.07, 6.45) is 9.60. The van der Waals surface area contributed by atoms with Crippen molar-refractivity contribution in [1.82, 2.24) is 48.2 Å². The smallest absolute Gasteiger partial charge is 0.870 e. The van der Waals surface area contributed by atoms with Crippen LogP contribution in [0.5, 0.6) is 0 Å². The average molecular weight is 1600 g/mol. The number of fused-ring (bicyclic) bond motifs is 5. The molecule has 0 aliphatic carbocycles. The fourth-order valence-electron chi connectivity index (χ4n) is 10.7. The zero-order valence-corrected chi connectivity index (χ0v) is 63.7. The Morgan fingerprint density at radius 1 is 0.429 bits per heavy atom. The molecule has 15 aromatic rings. The van der Waals surface area contributed by atoms with Crippen molar-refractivity contribution in [3.63, 3.8) is 0 Å². The number of aromatic amines is 1. The predicted molar refractivity (Wildman–Crippen MR) is 419 cm³/mol. The van der Waals surface area contributed by atoms with Crippen LogP contribution in [0.2, 0.25) is 25.8 Å². The molecule has 5 aromatic carbocycles. The minimum absolute atomic E-state index is 0. The quantitative estimate of drug-likeness (QED) is 0.0336. The molecule has 0 spiro atoms. The third-order valence-corrected chi connectivity index (χ3v) is 16.9. The van der Waals surface area contributed by atoms with Gasteiger partial charge in [-0.1, -0.05) is 58.0 Å². The first-order valence-corrected chi connectivity index (χ1v) is 35.2. The Kier molecular flexibility index (Phi) is 30.6. The van der Waals surface area contributed by atoms with Crippen molar-refractivity contribution in [2.24, 2.45) is 0 Å². The molecule has 0 atom stereocenters. The van der Waals surface area contributed by atoms with Crippen molar-refractivity contribution in [1.29, 1.82) is 10.5 Å². The Labute approximate surface area is 675 Å². The van der Waals surface area contributed by atoms with Crippen LogP contribution in [0.4, 0.5) is 4.39 Å². The second-order valence-electron chi connectivity index (χ2n) is 22.8. The monoisotopic (exact) mass is 1590 g/mol. The van der Waals surface area contributed by atoms with Crippen LogP contribution in [-0.2, 0) is 18.9 Å². The number of halogens is 6. The van der Waals surface area contributed by atoms with Gasteiger partial charge >= 0.3 is 48.7 Å².